The Hall–Kier alpha value is -1.11. The minimum Gasteiger partial charge on any atom is -0.179 e. The molecule has 0 saturated heterocycles. The highest BCUT2D eigenvalue weighted by molar-refractivity contribution is 7.80. The Morgan fingerprint density at radius 2 is 1.37 bits per heavy atom. The molecule has 1 rings (SSSR count). The van der Waals surface area contributed by atoms with Crippen molar-refractivity contribution in [1.82, 2.24) is 0 Å². The smallest absolute Gasteiger partial charge is 0.179 e. The van der Waals surface area contributed by atoms with Crippen LogP contribution in [0.4, 0.5) is 26.3 Å². The van der Waals surface area contributed by atoms with E-state index in [1.54, 1.807) is 0 Å². The van der Waals surface area contributed by atoms with Crippen LogP contribution in [0.1, 0.15) is 23.1 Å². The summed E-state index contributed by atoms with van der Waals surface area (Å²) in [5.41, 5.74) is -2.76. The lowest BCUT2D eigenvalue weighted by Crippen LogP contribution is -2.11. The van der Waals surface area contributed by atoms with Crippen molar-refractivity contribution < 1.29 is 26.3 Å². The van der Waals surface area contributed by atoms with Gasteiger partial charge < -0.3 is 0 Å². The van der Waals surface area contributed by atoms with Crippen LogP contribution in [0.5, 0.6) is 0 Å². The van der Waals surface area contributed by atoms with Crippen LogP contribution in [0.25, 0.3) is 6.08 Å². The molecule has 0 saturated carbocycles. The van der Waals surface area contributed by atoms with E-state index in [0.717, 1.165) is 0 Å². The fourth-order valence-corrected chi connectivity index (χ4v) is 1.52. The van der Waals surface area contributed by atoms with E-state index in [4.69, 9.17) is 0 Å². The van der Waals surface area contributed by atoms with E-state index in [2.05, 4.69) is 12.6 Å². The molecular formula is C12H10F6S. The summed E-state index contributed by atoms with van der Waals surface area (Å²) in [6.07, 6.45) is -6.47. The summed E-state index contributed by atoms with van der Waals surface area (Å²) in [5, 5.41) is 0. The third-order valence-electron chi connectivity index (χ3n) is 2.22. The van der Waals surface area contributed by atoms with Gasteiger partial charge in [-0.3, -0.25) is 0 Å². The van der Waals surface area contributed by atoms with E-state index >= 15 is 0 Å². The summed E-state index contributed by atoms with van der Waals surface area (Å²) in [6, 6.07) is 1.48. The molecule has 0 aliphatic rings. The Morgan fingerprint density at radius 1 is 0.895 bits per heavy atom. The molecule has 0 unspecified atom stereocenters. The summed E-state index contributed by atoms with van der Waals surface area (Å²) in [6.45, 7) is 0. The van der Waals surface area contributed by atoms with E-state index in [1.807, 2.05) is 0 Å². The first kappa shape index (κ1) is 15.9. The van der Waals surface area contributed by atoms with Crippen LogP contribution in [0.15, 0.2) is 24.3 Å². The number of rotatable bonds is 3. The molecule has 0 aliphatic carbocycles. The number of benzene rings is 1. The molecule has 0 fully saturated rings. The summed E-state index contributed by atoms with van der Waals surface area (Å²) in [7, 11) is 0. The van der Waals surface area contributed by atoms with Crippen molar-refractivity contribution in [3.63, 3.8) is 0 Å². The minimum absolute atomic E-state index is 0.107. The Kier molecular flexibility index (Phi) is 4.95. The van der Waals surface area contributed by atoms with E-state index in [1.165, 1.54) is 12.2 Å². The number of alkyl halides is 6. The molecular weight excluding hydrogens is 290 g/mol. The van der Waals surface area contributed by atoms with Gasteiger partial charge in [-0.15, -0.1) is 0 Å². The zero-order valence-electron chi connectivity index (χ0n) is 9.52. The summed E-state index contributed by atoms with van der Waals surface area (Å²) < 4.78 is 75.1. The second-order valence-corrected chi connectivity index (χ2v) is 4.20. The fourth-order valence-electron chi connectivity index (χ4n) is 1.37. The predicted octanol–water partition coefficient (Wildman–Crippen LogP) is 5.06. The van der Waals surface area contributed by atoms with Crippen molar-refractivity contribution in [2.75, 3.05) is 5.75 Å². The van der Waals surface area contributed by atoms with Crippen molar-refractivity contribution in [3.8, 4) is 0 Å². The van der Waals surface area contributed by atoms with Gasteiger partial charge in [-0.25, -0.2) is 0 Å². The van der Waals surface area contributed by atoms with Crippen molar-refractivity contribution >= 4 is 18.7 Å². The highest BCUT2D eigenvalue weighted by Crippen LogP contribution is 2.36. The molecule has 0 heterocycles. The highest BCUT2D eigenvalue weighted by Gasteiger charge is 2.36. The first-order valence-electron chi connectivity index (χ1n) is 5.21. The van der Waals surface area contributed by atoms with Crippen molar-refractivity contribution in [2.45, 2.75) is 18.8 Å². The molecule has 19 heavy (non-hydrogen) atoms. The quantitative estimate of drug-likeness (QED) is 0.585. The van der Waals surface area contributed by atoms with Crippen molar-refractivity contribution in [2.24, 2.45) is 0 Å². The van der Waals surface area contributed by atoms with E-state index < -0.39 is 23.5 Å². The highest BCUT2D eigenvalue weighted by atomic mass is 32.1. The Bertz CT molecular complexity index is 426. The van der Waals surface area contributed by atoms with Crippen LogP contribution in [-0.2, 0) is 12.4 Å². The molecule has 106 valence electrons. The zero-order chi connectivity index (χ0) is 14.7. The second-order valence-electron chi connectivity index (χ2n) is 3.75. The molecule has 1 aromatic carbocycles. The van der Waals surface area contributed by atoms with Crippen LogP contribution in [0, 0.1) is 0 Å². The van der Waals surface area contributed by atoms with Gasteiger partial charge in [0.05, 0.1) is 11.1 Å². The molecule has 1 aromatic rings. The number of thiol groups is 1. The Labute approximate surface area is 111 Å². The molecule has 0 spiro atoms. The lowest BCUT2D eigenvalue weighted by atomic mass is 10.0. The van der Waals surface area contributed by atoms with Gasteiger partial charge in [0.25, 0.3) is 0 Å². The molecule has 0 aliphatic heterocycles. The molecule has 0 nitrogen and oxygen atoms in total. The molecule has 7 heteroatoms. The normalized spacial score (nSPS) is 13.2. The standard InChI is InChI=1S/C12H10F6S/c13-11(14,15)9-5-8(3-1-2-4-19)6-10(7-9)12(16,17)18/h1,3,5-7,19H,2,4H2. The van der Waals surface area contributed by atoms with Gasteiger partial charge in [0.2, 0.25) is 0 Å². The lowest BCUT2D eigenvalue weighted by Gasteiger charge is -2.12. The van der Waals surface area contributed by atoms with Crippen LogP contribution in [0.3, 0.4) is 0 Å². The van der Waals surface area contributed by atoms with Crippen LogP contribution in [-0.4, -0.2) is 5.75 Å². The summed E-state index contributed by atoms with van der Waals surface area (Å²) in [5.74, 6) is 0.460. The summed E-state index contributed by atoms with van der Waals surface area (Å²) >= 11 is 3.89. The first-order valence-corrected chi connectivity index (χ1v) is 5.84. The van der Waals surface area contributed by atoms with Gasteiger partial charge in [0, 0.05) is 0 Å². The fraction of sp³-hybridized carbons (Fsp3) is 0.333. The second kappa shape index (κ2) is 5.90. The van der Waals surface area contributed by atoms with Crippen molar-refractivity contribution in [3.05, 3.63) is 41.0 Å². The van der Waals surface area contributed by atoms with E-state index in [-0.39, 0.29) is 11.6 Å². The summed E-state index contributed by atoms with van der Waals surface area (Å²) in [4.78, 5) is 0. The van der Waals surface area contributed by atoms with Gasteiger partial charge in [-0.05, 0) is 35.9 Å². The lowest BCUT2D eigenvalue weighted by molar-refractivity contribution is -0.143. The maximum Gasteiger partial charge on any atom is 0.416 e. The van der Waals surface area contributed by atoms with Gasteiger partial charge in [0.1, 0.15) is 0 Å². The predicted molar refractivity (Wildman–Crippen MR) is 64.0 cm³/mol. The molecule has 0 radical (unpaired) electrons. The van der Waals surface area contributed by atoms with Crippen LogP contribution >= 0.6 is 12.6 Å². The monoisotopic (exact) mass is 300 g/mol. The Morgan fingerprint density at radius 3 is 1.74 bits per heavy atom. The van der Waals surface area contributed by atoms with Crippen molar-refractivity contribution in [1.29, 1.82) is 0 Å². The van der Waals surface area contributed by atoms with Gasteiger partial charge in [0.15, 0.2) is 0 Å². The maximum absolute atomic E-state index is 12.5. The van der Waals surface area contributed by atoms with E-state index in [9.17, 15) is 26.3 Å². The minimum atomic E-state index is -4.81. The SMILES string of the molecule is FC(F)(F)c1cc(C=CCCS)cc(C(F)(F)F)c1. The average molecular weight is 300 g/mol. The third-order valence-corrected chi connectivity index (χ3v) is 2.47. The molecule has 0 amide bonds. The molecule has 0 N–H and O–H groups in total. The number of halogens is 6. The number of hydrogen-bond acceptors (Lipinski definition) is 1. The number of allylic oxidation sites excluding steroid dienone is 1. The topological polar surface area (TPSA) is 0 Å². The Balaban J connectivity index is 3.25. The number of hydrogen-bond donors (Lipinski definition) is 1. The largest absolute Gasteiger partial charge is 0.416 e. The van der Waals surface area contributed by atoms with Gasteiger partial charge in [-0.1, -0.05) is 12.2 Å². The van der Waals surface area contributed by atoms with Gasteiger partial charge in [-0.2, -0.15) is 39.0 Å². The van der Waals surface area contributed by atoms with Crippen LogP contribution < -0.4 is 0 Å². The maximum atomic E-state index is 12.5. The average Bonchev–Trinajstić information content (AvgIpc) is 2.27. The third kappa shape index (κ3) is 4.81. The van der Waals surface area contributed by atoms with Gasteiger partial charge >= 0.3 is 12.4 Å². The molecule has 0 bridgehead atoms. The van der Waals surface area contributed by atoms with Crippen LogP contribution in [0.2, 0.25) is 0 Å². The zero-order valence-corrected chi connectivity index (χ0v) is 10.4. The molecule has 0 aromatic heterocycles. The molecule has 0 atom stereocenters. The first-order chi connectivity index (χ1) is 8.64. The van der Waals surface area contributed by atoms with E-state index in [0.29, 0.717) is 24.3 Å².